The molecule has 20 heavy (non-hydrogen) atoms. The Kier molecular flexibility index (Phi) is 4.95. The molecule has 0 amide bonds. The highest BCUT2D eigenvalue weighted by atomic mass is 16.5. The molecule has 0 aliphatic carbocycles. The average molecular weight is 277 g/mol. The van der Waals surface area contributed by atoms with Crippen molar-refractivity contribution in [2.24, 2.45) is 0 Å². The van der Waals surface area contributed by atoms with Crippen molar-refractivity contribution in [3.8, 4) is 11.5 Å². The lowest BCUT2D eigenvalue weighted by Gasteiger charge is -2.14. The van der Waals surface area contributed by atoms with Gasteiger partial charge in [-0.05, 0) is 38.2 Å². The van der Waals surface area contributed by atoms with Crippen molar-refractivity contribution in [1.82, 2.24) is 15.0 Å². The van der Waals surface area contributed by atoms with Crippen LogP contribution in [0.3, 0.4) is 0 Å². The first-order valence-corrected chi connectivity index (χ1v) is 6.42. The maximum Gasteiger partial charge on any atom is 0.240 e. The van der Waals surface area contributed by atoms with Gasteiger partial charge in [0.25, 0.3) is 0 Å². The van der Waals surface area contributed by atoms with Crippen LogP contribution in [0.1, 0.15) is 11.7 Å². The number of nitrogens with zero attached hydrogens (tertiary/aromatic N) is 3. The number of hydrogen-bond donors (Lipinski definition) is 0. The molecule has 0 spiro atoms. The third kappa shape index (κ3) is 4.24. The van der Waals surface area contributed by atoms with E-state index in [9.17, 15) is 0 Å². The average Bonchev–Trinajstić information content (AvgIpc) is 2.85. The molecular weight excluding hydrogens is 258 g/mol. The standard InChI is InChI=1S/C14H19N3O3/c1-11-15-14(20-16-11)10-17(2)8-9-19-13-6-4-12(18-3)5-7-13/h4-7H,8-10H2,1-3H3. The van der Waals surface area contributed by atoms with E-state index in [1.165, 1.54) is 0 Å². The molecule has 0 atom stereocenters. The number of benzene rings is 1. The Hall–Kier alpha value is -2.08. The van der Waals surface area contributed by atoms with Crippen LogP contribution in [0.2, 0.25) is 0 Å². The Morgan fingerprint density at radius 3 is 2.50 bits per heavy atom. The van der Waals surface area contributed by atoms with Crippen LogP contribution in [-0.2, 0) is 6.54 Å². The molecule has 0 N–H and O–H groups in total. The molecule has 0 unspecified atom stereocenters. The smallest absolute Gasteiger partial charge is 0.240 e. The molecule has 2 aromatic rings. The van der Waals surface area contributed by atoms with Crippen LogP contribution < -0.4 is 9.47 Å². The Morgan fingerprint density at radius 2 is 1.90 bits per heavy atom. The van der Waals surface area contributed by atoms with Crippen LogP contribution in [0.25, 0.3) is 0 Å². The summed E-state index contributed by atoms with van der Waals surface area (Å²) < 4.78 is 15.8. The molecule has 0 radical (unpaired) electrons. The molecule has 108 valence electrons. The maximum absolute atomic E-state index is 5.66. The second-order valence-electron chi connectivity index (χ2n) is 4.50. The molecule has 0 bridgehead atoms. The van der Waals surface area contributed by atoms with Gasteiger partial charge in [-0.25, -0.2) is 0 Å². The fourth-order valence-corrected chi connectivity index (χ4v) is 1.71. The molecule has 0 saturated carbocycles. The molecule has 6 heteroatoms. The molecular formula is C14H19N3O3. The second kappa shape index (κ2) is 6.91. The number of methoxy groups -OCH3 is 1. The van der Waals surface area contributed by atoms with E-state index >= 15 is 0 Å². The lowest BCUT2D eigenvalue weighted by molar-refractivity contribution is 0.212. The third-order valence-corrected chi connectivity index (χ3v) is 2.78. The minimum absolute atomic E-state index is 0.593. The fourth-order valence-electron chi connectivity index (χ4n) is 1.71. The number of likely N-dealkylation sites (N-methyl/N-ethyl adjacent to an activating group) is 1. The quantitative estimate of drug-likeness (QED) is 0.770. The van der Waals surface area contributed by atoms with E-state index in [4.69, 9.17) is 14.0 Å². The van der Waals surface area contributed by atoms with Gasteiger partial charge in [0.15, 0.2) is 5.82 Å². The minimum atomic E-state index is 0.593. The van der Waals surface area contributed by atoms with Crippen molar-refractivity contribution in [2.45, 2.75) is 13.5 Å². The van der Waals surface area contributed by atoms with Crippen molar-refractivity contribution in [1.29, 1.82) is 0 Å². The predicted octanol–water partition coefficient (Wildman–Crippen LogP) is 1.90. The lowest BCUT2D eigenvalue weighted by atomic mass is 10.3. The molecule has 0 aliphatic heterocycles. The van der Waals surface area contributed by atoms with Crippen molar-refractivity contribution in [3.05, 3.63) is 36.0 Å². The van der Waals surface area contributed by atoms with Gasteiger partial charge in [-0.2, -0.15) is 4.98 Å². The van der Waals surface area contributed by atoms with Crippen LogP contribution in [0.15, 0.2) is 28.8 Å². The highest BCUT2D eigenvalue weighted by molar-refractivity contribution is 5.31. The molecule has 0 aliphatic rings. The molecule has 6 nitrogen and oxygen atoms in total. The van der Waals surface area contributed by atoms with E-state index < -0.39 is 0 Å². The van der Waals surface area contributed by atoms with Crippen LogP contribution >= 0.6 is 0 Å². The molecule has 0 saturated heterocycles. The summed E-state index contributed by atoms with van der Waals surface area (Å²) in [7, 11) is 3.63. The molecule has 1 aromatic carbocycles. The summed E-state index contributed by atoms with van der Waals surface area (Å²) in [5.74, 6) is 2.92. The summed E-state index contributed by atoms with van der Waals surface area (Å²) in [5.41, 5.74) is 0. The zero-order chi connectivity index (χ0) is 14.4. The third-order valence-electron chi connectivity index (χ3n) is 2.78. The number of rotatable bonds is 7. The second-order valence-corrected chi connectivity index (χ2v) is 4.50. The summed E-state index contributed by atoms with van der Waals surface area (Å²) in [6.45, 7) is 3.79. The summed E-state index contributed by atoms with van der Waals surface area (Å²) in [6, 6.07) is 7.53. The van der Waals surface area contributed by atoms with E-state index in [1.807, 2.05) is 31.3 Å². The lowest BCUT2D eigenvalue weighted by Crippen LogP contribution is -2.24. The van der Waals surface area contributed by atoms with E-state index in [1.54, 1.807) is 14.0 Å². The number of hydrogen-bond acceptors (Lipinski definition) is 6. The van der Waals surface area contributed by atoms with Gasteiger partial charge in [0, 0.05) is 6.54 Å². The van der Waals surface area contributed by atoms with Crippen molar-refractivity contribution in [3.63, 3.8) is 0 Å². The molecule has 0 fully saturated rings. The van der Waals surface area contributed by atoms with Crippen LogP contribution in [0.5, 0.6) is 11.5 Å². The summed E-state index contributed by atoms with van der Waals surface area (Å²) in [4.78, 5) is 6.23. The van der Waals surface area contributed by atoms with E-state index in [-0.39, 0.29) is 0 Å². The van der Waals surface area contributed by atoms with Gasteiger partial charge in [0.1, 0.15) is 18.1 Å². The first-order valence-electron chi connectivity index (χ1n) is 6.42. The van der Waals surface area contributed by atoms with Crippen molar-refractivity contribution >= 4 is 0 Å². The molecule has 2 rings (SSSR count). The van der Waals surface area contributed by atoms with Gasteiger partial charge in [-0.1, -0.05) is 5.16 Å². The highest BCUT2D eigenvalue weighted by Crippen LogP contribution is 2.16. The van der Waals surface area contributed by atoms with Crippen molar-refractivity contribution < 1.29 is 14.0 Å². The summed E-state index contributed by atoms with van der Waals surface area (Å²) >= 11 is 0. The number of ether oxygens (including phenoxy) is 2. The highest BCUT2D eigenvalue weighted by Gasteiger charge is 2.06. The van der Waals surface area contributed by atoms with Gasteiger partial charge in [-0.15, -0.1) is 0 Å². The number of aryl methyl sites for hydroxylation is 1. The van der Waals surface area contributed by atoms with Crippen LogP contribution in [0, 0.1) is 6.92 Å². The van der Waals surface area contributed by atoms with E-state index in [2.05, 4.69) is 15.0 Å². The van der Waals surface area contributed by atoms with Gasteiger partial charge >= 0.3 is 0 Å². The Balaban J connectivity index is 1.71. The van der Waals surface area contributed by atoms with Gasteiger partial charge in [0.2, 0.25) is 5.89 Å². The monoisotopic (exact) mass is 277 g/mol. The first kappa shape index (κ1) is 14.3. The SMILES string of the molecule is COc1ccc(OCCN(C)Cc2nc(C)no2)cc1. The first-order chi connectivity index (χ1) is 9.67. The van der Waals surface area contributed by atoms with Gasteiger partial charge in [-0.3, -0.25) is 4.90 Å². The van der Waals surface area contributed by atoms with Gasteiger partial charge in [0.05, 0.1) is 13.7 Å². The van der Waals surface area contributed by atoms with Crippen LogP contribution in [-0.4, -0.2) is 42.3 Å². The van der Waals surface area contributed by atoms with Gasteiger partial charge < -0.3 is 14.0 Å². The summed E-state index contributed by atoms with van der Waals surface area (Å²) in [6.07, 6.45) is 0. The van der Waals surface area contributed by atoms with Crippen molar-refractivity contribution in [2.75, 3.05) is 27.3 Å². The zero-order valence-electron chi connectivity index (χ0n) is 12.0. The Bertz CT molecular complexity index is 525. The molecule has 1 aromatic heterocycles. The molecule has 1 heterocycles. The minimum Gasteiger partial charge on any atom is -0.497 e. The topological polar surface area (TPSA) is 60.6 Å². The predicted molar refractivity (Wildman–Crippen MR) is 73.9 cm³/mol. The van der Waals surface area contributed by atoms with E-state index in [0.29, 0.717) is 24.9 Å². The summed E-state index contributed by atoms with van der Waals surface area (Å²) in [5, 5.41) is 3.76. The van der Waals surface area contributed by atoms with E-state index in [0.717, 1.165) is 18.0 Å². The normalized spacial score (nSPS) is 10.8. The Morgan fingerprint density at radius 1 is 1.20 bits per heavy atom. The number of aromatic nitrogens is 2. The largest absolute Gasteiger partial charge is 0.497 e. The fraction of sp³-hybridized carbons (Fsp3) is 0.429. The Labute approximate surface area is 118 Å². The maximum atomic E-state index is 5.66. The van der Waals surface area contributed by atoms with Crippen LogP contribution in [0.4, 0.5) is 0 Å². The zero-order valence-corrected chi connectivity index (χ0v) is 12.0.